The number of aliphatic hydroxyl groups is 1. The third-order valence-electron chi connectivity index (χ3n) is 3.57. The SMILES string of the molecule is O=C(O)c1ccc(C(=O)OOC(CCO)OC(=O)c2ccc(C(=O)O)cc2)cc1.[H-].[Na+]. The fraction of sp³-hybridized carbons (Fsp3) is 0.158. The van der Waals surface area contributed by atoms with Crippen molar-refractivity contribution in [1.29, 1.82) is 0 Å². The van der Waals surface area contributed by atoms with Crippen molar-refractivity contribution < 1.29 is 80.0 Å². The van der Waals surface area contributed by atoms with Crippen molar-refractivity contribution in [1.82, 2.24) is 0 Å². The van der Waals surface area contributed by atoms with Gasteiger partial charge < -0.3 is 21.5 Å². The van der Waals surface area contributed by atoms with Crippen molar-refractivity contribution in [2.75, 3.05) is 6.61 Å². The summed E-state index contributed by atoms with van der Waals surface area (Å²) in [5, 5.41) is 26.7. The molecule has 0 heterocycles. The Bertz CT molecular complexity index is 899. The van der Waals surface area contributed by atoms with E-state index < -0.39 is 36.8 Å². The van der Waals surface area contributed by atoms with Crippen LogP contribution in [0.1, 0.15) is 49.3 Å². The van der Waals surface area contributed by atoms with E-state index in [2.05, 4.69) is 4.89 Å². The van der Waals surface area contributed by atoms with Gasteiger partial charge >= 0.3 is 53.4 Å². The van der Waals surface area contributed by atoms with Gasteiger partial charge in [0.05, 0.1) is 22.3 Å². The van der Waals surface area contributed by atoms with Gasteiger partial charge in [0.2, 0.25) is 6.29 Å². The van der Waals surface area contributed by atoms with Crippen LogP contribution in [0.4, 0.5) is 0 Å². The first-order valence-electron chi connectivity index (χ1n) is 8.18. The first-order valence-corrected chi connectivity index (χ1v) is 8.18. The number of aliphatic hydroxyl groups excluding tert-OH is 1. The number of hydrogen-bond donors (Lipinski definition) is 3. The summed E-state index contributed by atoms with van der Waals surface area (Å²) in [6.07, 6.45) is -1.63. The van der Waals surface area contributed by atoms with Crippen molar-refractivity contribution in [3.8, 4) is 0 Å². The zero-order valence-corrected chi connectivity index (χ0v) is 17.8. The molecule has 1 atom stereocenters. The number of rotatable bonds is 9. The minimum atomic E-state index is -1.42. The van der Waals surface area contributed by atoms with Crippen molar-refractivity contribution in [3.05, 3.63) is 70.8 Å². The van der Waals surface area contributed by atoms with Crippen LogP contribution in [0.3, 0.4) is 0 Å². The molecule has 0 amide bonds. The van der Waals surface area contributed by atoms with E-state index in [1.54, 1.807) is 0 Å². The Hall–Kier alpha value is -2.76. The van der Waals surface area contributed by atoms with E-state index in [0.717, 1.165) is 0 Å². The Labute approximate surface area is 193 Å². The summed E-state index contributed by atoms with van der Waals surface area (Å²) in [7, 11) is 0. The molecule has 11 heteroatoms. The van der Waals surface area contributed by atoms with Crippen LogP contribution in [-0.2, 0) is 14.5 Å². The van der Waals surface area contributed by atoms with Crippen molar-refractivity contribution >= 4 is 23.9 Å². The molecule has 2 rings (SSSR count). The molecule has 0 aliphatic heterocycles. The molecule has 0 saturated carbocycles. The van der Waals surface area contributed by atoms with Crippen LogP contribution in [0.2, 0.25) is 0 Å². The Balaban J connectivity index is 0.00000450. The number of carbonyl (C=O) groups excluding carboxylic acids is 2. The van der Waals surface area contributed by atoms with Gasteiger partial charge in [0.1, 0.15) is 0 Å². The second-order valence-electron chi connectivity index (χ2n) is 5.58. The standard InChI is InChI=1S/C19H16O10.Na.H/c20-10-9-15(27-18(25)13-5-1-11(2-6-13)16(21)22)28-29-19(26)14-7-3-12(4-8-14)17(23)24;;/h1-8,15,20H,9-10H2,(H,21,22)(H,23,24);;/q;+1;-1. The van der Waals surface area contributed by atoms with Crippen molar-refractivity contribution in [2.24, 2.45) is 0 Å². The quantitative estimate of drug-likeness (QED) is 0.147. The van der Waals surface area contributed by atoms with E-state index in [1.807, 2.05) is 0 Å². The van der Waals surface area contributed by atoms with E-state index in [1.165, 1.54) is 48.5 Å². The molecule has 0 aliphatic rings. The third-order valence-corrected chi connectivity index (χ3v) is 3.57. The third kappa shape index (κ3) is 7.25. The van der Waals surface area contributed by atoms with E-state index in [9.17, 15) is 19.2 Å². The van der Waals surface area contributed by atoms with Crippen LogP contribution in [-0.4, -0.2) is 52.1 Å². The van der Waals surface area contributed by atoms with Gasteiger partial charge in [-0.1, -0.05) is 0 Å². The van der Waals surface area contributed by atoms with Gasteiger partial charge in [0.15, 0.2) is 0 Å². The Morgan fingerprint density at radius 3 is 1.57 bits per heavy atom. The molecule has 30 heavy (non-hydrogen) atoms. The zero-order chi connectivity index (χ0) is 21.4. The maximum absolute atomic E-state index is 12.1. The van der Waals surface area contributed by atoms with Crippen molar-refractivity contribution in [3.63, 3.8) is 0 Å². The van der Waals surface area contributed by atoms with Crippen molar-refractivity contribution in [2.45, 2.75) is 12.7 Å². The van der Waals surface area contributed by atoms with E-state index in [-0.39, 0.29) is 59.7 Å². The predicted octanol–water partition coefficient (Wildman–Crippen LogP) is -1.15. The fourth-order valence-corrected chi connectivity index (χ4v) is 2.06. The first kappa shape index (κ1) is 25.3. The van der Waals surface area contributed by atoms with Crippen LogP contribution in [0.25, 0.3) is 0 Å². The van der Waals surface area contributed by atoms with Crippen LogP contribution in [0.5, 0.6) is 0 Å². The van der Waals surface area contributed by atoms with E-state index in [4.69, 9.17) is 24.9 Å². The summed E-state index contributed by atoms with van der Waals surface area (Å²) >= 11 is 0. The largest absolute Gasteiger partial charge is 1.00 e. The zero-order valence-electron chi connectivity index (χ0n) is 16.8. The average molecular weight is 428 g/mol. The Kier molecular flexibility index (Phi) is 10.2. The molecule has 3 N–H and O–H groups in total. The van der Waals surface area contributed by atoms with Gasteiger partial charge in [-0.3, -0.25) is 4.89 Å². The molecule has 10 nitrogen and oxygen atoms in total. The molecule has 0 bridgehead atoms. The summed E-state index contributed by atoms with van der Waals surface area (Å²) in [5.74, 6) is -4.17. The summed E-state index contributed by atoms with van der Waals surface area (Å²) in [4.78, 5) is 55.0. The molecule has 0 aliphatic carbocycles. The van der Waals surface area contributed by atoms with Gasteiger partial charge in [-0.2, -0.15) is 0 Å². The van der Waals surface area contributed by atoms with Gasteiger partial charge in [0, 0.05) is 13.0 Å². The number of carboxylic acids is 2. The smallest absolute Gasteiger partial charge is 1.00 e. The van der Waals surface area contributed by atoms with Gasteiger partial charge in [0.25, 0.3) is 0 Å². The summed E-state index contributed by atoms with van der Waals surface area (Å²) in [6, 6.07) is 9.72. The second kappa shape index (κ2) is 12.1. The van der Waals surface area contributed by atoms with Crippen LogP contribution in [0.15, 0.2) is 48.5 Å². The summed E-state index contributed by atoms with van der Waals surface area (Å²) in [6.45, 7) is -0.444. The summed E-state index contributed by atoms with van der Waals surface area (Å²) in [5.41, 5.74) is -0.0264. The number of esters is 1. The van der Waals surface area contributed by atoms with Gasteiger partial charge in [-0.25, -0.2) is 19.2 Å². The van der Waals surface area contributed by atoms with Crippen LogP contribution >= 0.6 is 0 Å². The number of aromatic carboxylic acids is 2. The van der Waals surface area contributed by atoms with Crippen LogP contribution in [0, 0.1) is 0 Å². The van der Waals surface area contributed by atoms with Gasteiger partial charge in [-0.05, 0) is 48.5 Å². The normalized spacial score (nSPS) is 11.0. The fourth-order valence-electron chi connectivity index (χ4n) is 2.06. The molecule has 0 aromatic heterocycles. The number of carbonyl (C=O) groups is 4. The molecule has 0 saturated heterocycles. The molecule has 0 spiro atoms. The maximum atomic E-state index is 12.1. The van der Waals surface area contributed by atoms with E-state index >= 15 is 0 Å². The second-order valence-corrected chi connectivity index (χ2v) is 5.58. The molecular weight excluding hydrogens is 411 g/mol. The molecule has 154 valence electrons. The molecule has 0 fully saturated rings. The number of benzene rings is 2. The Morgan fingerprint density at radius 1 is 0.767 bits per heavy atom. The maximum Gasteiger partial charge on any atom is 1.00 e. The van der Waals surface area contributed by atoms with Crippen LogP contribution < -0.4 is 29.6 Å². The minimum Gasteiger partial charge on any atom is -1.00 e. The average Bonchev–Trinajstić information content (AvgIpc) is 2.72. The summed E-state index contributed by atoms with van der Waals surface area (Å²) < 4.78 is 4.99. The van der Waals surface area contributed by atoms with E-state index in [0.29, 0.717) is 0 Å². The Morgan fingerprint density at radius 2 is 1.17 bits per heavy atom. The molecule has 2 aromatic rings. The molecule has 1 unspecified atom stereocenters. The number of carboxylic acid groups (broad SMARTS) is 2. The molecular formula is C19H17NaO10. The number of hydrogen-bond acceptors (Lipinski definition) is 8. The van der Waals surface area contributed by atoms with Gasteiger partial charge in [-0.15, -0.1) is 4.89 Å². The molecule has 0 radical (unpaired) electrons. The monoisotopic (exact) mass is 428 g/mol. The topological polar surface area (TPSA) is 157 Å². The number of ether oxygens (including phenoxy) is 1. The first-order chi connectivity index (χ1) is 13.8. The molecule has 2 aromatic carbocycles. The predicted molar refractivity (Wildman–Crippen MR) is 95.3 cm³/mol. The minimum absolute atomic E-state index is 0.